The summed E-state index contributed by atoms with van der Waals surface area (Å²) in [5.74, 6) is 0.812. The maximum atomic E-state index is 5.56. The first-order valence-electron chi connectivity index (χ1n) is 4.86. The summed E-state index contributed by atoms with van der Waals surface area (Å²) in [4.78, 5) is 0. The lowest BCUT2D eigenvalue weighted by Crippen LogP contribution is -2.15. The van der Waals surface area contributed by atoms with Gasteiger partial charge in [-0.1, -0.05) is 27.2 Å². The Labute approximate surface area is 71.1 Å². The van der Waals surface area contributed by atoms with E-state index in [1.54, 1.807) is 0 Å². The number of ether oxygens (including phenoxy) is 1. The molecule has 0 fully saturated rings. The van der Waals surface area contributed by atoms with Crippen LogP contribution in [-0.2, 0) is 4.74 Å². The highest BCUT2D eigenvalue weighted by molar-refractivity contribution is 4.60. The molecule has 0 saturated carbocycles. The van der Waals surface area contributed by atoms with E-state index >= 15 is 0 Å². The smallest absolute Gasteiger partial charge is 0.0574 e. The molecule has 0 aromatic heterocycles. The van der Waals surface area contributed by atoms with E-state index < -0.39 is 0 Å². The SMILES string of the molecule is CCOC(CC)CC(C)CC. The van der Waals surface area contributed by atoms with Gasteiger partial charge in [0.25, 0.3) is 0 Å². The van der Waals surface area contributed by atoms with Crippen molar-refractivity contribution >= 4 is 0 Å². The van der Waals surface area contributed by atoms with Crippen molar-refractivity contribution in [3.63, 3.8) is 0 Å². The summed E-state index contributed by atoms with van der Waals surface area (Å²) in [6.45, 7) is 9.65. The third-order valence-corrected chi connectivity index (χ3v) is 2.22. The summed E-state index contributed by atoms with van der Waals surface area (Å²) < 4.78 is 5.56. The van der Waals surface area contributed by atoms with Gasteiger partial charge in [0, 0.05) is 6.61 Å². The number of rotatable bonds is 6. The fourth-order valence-corrected chi connectivity index (χ4v) is 1.20. The van der Waals surface area contributed by atoms with E-state index in [2.05, 4.69) is 27.7 Å². The van der Waals surface area contributed by atoms with Crippen molar-refractivity contribution < 1.29 is 4.74 Å². The fraction of sp³-hybridized carbons (Fsp3) is 1.00. The quantitative estimate of drug-likeness (QED) is 0.576. The zero-order valence-electron chi connectivity index (χ0n) is 8.39. The predicted molar refractivity (Wildman–Crippen MR) is 49.8 cm³/mol. The molecule has 2 unspecified atom stereocenters. The lowest BCUT2D eigenvalue weighted by Gasteiger charge is -2.18. The van der Waals surface area contributed by atoms with Gasteiger partial charge in [-0.05, 0) is 25.7 Å². The lowest BCUT2D eigenvalue weighted by molar-refractivity contribution is 0.0435. The van der Waals surface area contributed by atoms with Crippen molar-refractivity contribution in [3.05, 3.63) is 0 Å². The maximum absolute atomic E-state index is 5.56. The Kier molecular flexibility index (Phi) is 6.63. The number of hydrogen-bond donors (Lipinski definition) is 0. The topological polar surface area (TPSA) is 9.23 Å². The molecule has 0 saturated heterocycles. The van der Waals surface area contributed by atoms with Crippen molar-refractivity contribution in [2.75, 3.05) is 6.61 Å². The summed E-state index contributed by atoms with van der Waals surface area (Å²) in [6.07, 6.45) is 4.14. The molecule has 0 N–H and O–H groups in total. The molecule has 0 aliphatic carbocycles. The Morgan fingerprint density at radius 2 is 1.73 bits per heavy atom. The number of hydrogen-bond acceptors (Lipinski definition) is 1. The van der Waals surface area contributed by atoms with Crippen molar-refractivity contribution in [2.45, 2.75) is 53.1 Å². The molecule has 0 bridgehead atoms. The van der Waals surface area contributed by atoms with Crippen LogP contribution in [0.2, 0.25) is 0 Å². The van der Waals surface area contributed by atoms with Crippen LogP contribution < -0.4 is 0 Å². The van der Waals surface area contributed by atoms with Crippen LogP contribution in [0.5, 0.6) is 0 Å². The first-order chi connectivity index (χ1) is 5.24. The highest BCUT2D eigenvalue weighted by Gasteiger charge is 2.09. The van der Waals surface area contributed by atoms with Crippen LogP contribution in [0.25, 0.3) is 0 Å². The summed E-state index contributed by atoms with van der Waals surface area (Å²) in [5, 5.41) is 0. The van der Waals surface area contributed by atoms with Crippen LogP contribution in [0.1, 0.15) is 47.0 Å². The maximum Gasteiger partial charge on any atom is 0.0574 e. The molecule has 68 valence electrons. The Hall–Kier alpha value is -0.0400. The molecule has 0 aliphatic rings. The second-order valence-corrected chi connectivity index (χ2v) is 3.23. The van der Waals surface area contributed by atoms with Crippen molar-refractivity contribution in [2.24, 2.45) is 5.92 Å². The van der Waals surface area contributed by atoms with Gasteiger partial charge in [-0.25, -0.2) is 0 Å². The Bertz CT molecular complexity index is 80.9. The van der Waals surface area contributed by atoms with Crippen LogP contribution in [-0.4, -0.2) is 12.7 Å². The van der Waals surface area contributed by atoms with Crippen LogP contribution in [0.15, 0.2) is 0 Å². The Morgan fingerprint density at radius 1 is 1.09 bits per heavy atom. The Balaban J connectivity index is 3.49. The van der Waals surface area contributed by atoms with Crippen LogP contribution in [0.3, 0.4) is 0 Å². The van der Waals surface area contributed by atoms with E-state index in [1.807, 2.05) is 0 Å². The third-order valence-electron chi connectivity index (χ3n) is 2.22. The molecule has 0 heterocycles. The summed E-state index contributed by atoms with van der Waals surface area (Å²) >= 11 is 0. The molecule has 0 radical (unpaired) electrons. The van der Waals surface area contributed by atoms with Gasteiger partial charge in [-0.2, -0.15) is 0 Å². The zero-order chi connectivity index (χ0) is 8.69. The van der Waals surface area contributed by atoms with E-state index in [4.69, 9.17) is 4.74 Å². The van der Waals surface area contributed by atoms with Gasteiger partial charge in [0.15, 0.2) is 0 Å². The average Bonchev–Trinajstić information content (AvgIpc) is 2.03. The highest BCUT2D eigenvalue weighted by atomic mass is 16.5. The minimum atomic E-state index is 0.495. The molecule has 0 spiro atoms. The minimum Gasteiger partial charge on any atom is -0.379 e. The standard InChI is InChI=1S/C10H22O/c1-5-9(4)8-10(6-2)11-7-3/h9-10H,5-8H2,1-4H3. The van der Waals surface area contributed by atoms with E-state index in [9.17, 15) is 0 Å². The molecule has 2 atom stereocenters. The summed E-state index contributed by atoms with van der Waals surface area (Å²) in [6, 6.07) is 0. The van der Waals surface area contributed by atoms with E-state index in [0.29, 0.717) is 6.10 Å². The first-order valence-corrected chi connectivity index (χ1v) is 4.86. The molecule has 0 rings (SSSR count). The van der Waals surface area contributed by atoms with Gasteiger partial charge in [0.2, 0.25) is 0 Å². The molecule has 0 aromatic rings. The normalized spacial score (nSPS) is 16.4. The monoisotopic (exact) mass is 158 g/mol. The van der Waals surface area contributed by atoms with E-state index in [-0.39, 0.29) is 0 Å². The Morgan fingerprint density at radius 3 is 2.09 bits per heavy atom. The lowest BCUT2D eigenvalue weighted by atomic mass is 10.00. The molecule has 11 heavy (non-hydrogen) atoms. The first kappa shape index (κ1) is 11.0. The summed E-state index contributed by atoms with van der Waals surface area (Å²) in [7, 11) is 0. The van der Waals surface area contributed by atoms with E-state index in [0.717, 1.165) is 18.9 Å². The van der Waals surface area contributed by atoms with Crippen LogP contribution in [0.4, 0.5) is 0 Å². The van der Waals surface area contributed by atoms with Crippen LogP contribution in [0, 0.1) is 5.92 Å². The van der Waals surface area contributed by atoms with Gasteiger partial charge in [0.05, 0.1) is 6.10 Å². The fourth-order valence-electron chi connectivity index (χ4n) is 1.20. The van der Waals surface area contributed by atoms with Gasteiger partial charge >= 0.3 is 0 Å². The second-order valence-electron chi connectivity index (χ2n) is 3.23. The average molecular weight is 158 g/mol. The summed E-state index contributed by atoms with van der Waals surface area (Å²) in [5.41, 5.74) is 0. The van der Waals surface area contributed by atoms with Crippen molar-refractivity contribution in [3.8, 4) is 0 Å². The minimum absolute atomic E-state index is 0.495. The zero-order valence-corrected chi connectivity index (χ0v) is 8.39. The van der Waals surface area contributed by atoms with E-state index in [1.165, 1.54) is 12.8 Å². The molecule has 0 aromatic carbocycles. The molecular formula is C10H22O. The highest BCUT2D eigenvalue weighted by Crippen LogP contribution is 2.14. The van der Waals surface area contributed by atoms with Crippen molar-refractivity contribution in [1.82, 2.24) is 0 Å². The van der Waals surface area contributed by atoms with Crippen LogP contribution >= 0.6 is 0 Å². The molecular weight excluding hydrogens is 136 g/mol. The largest absolute Gasteiger partial charge is 0.379 e. The second kappa shape index (κ2) is 6.66. The van der Waals surface area contributed by atoms with Gasteiger partial charge in [0.1, 0.15) is 0 Å². The molecule has 0 aliphatic heterocycles. The molecule has 1 nitrogen and oxygen atoms in total. The van der Waals surface area contributed by atoms with Gasteiger partial charge in [-0.15, -0.1) is 0 Å². The third kappa shape index (κ3) is 5.25. The van der Waals surface area contributed by atoms with Gasteiger partial charge in [-0.3, -0.25) is 0 Å². The molecule has 1 heteroatoms. The predicted octanol–water partition coefficient (Wildman–Crippen LogP) is 3.24. The molecule has 0 amide bonds. The van der Waals surface area contributed by atoms with Crippen molar-refractivity contribution in [1.29, 1.82) is 0 Å². The van der Waals surface area contributed by atoms with Gasteiger partial charge < -0.3 is 4.74 Å².